The van der Waals surface area contributed by atoms with Gasteiger partial charge in [0.1, 0.15) is 5.82 Å². The van der Waals surface area contributed by atoms with Gasteiger partial charge in [0.25, 0.3) is 0 Å². The lowest BCUT2D eigenvalue weighted by atomic mass is 10.0. The second-order valence-electron chi connectivity index (χ2n) is 6.55. The number of amides is 1. The molecule has 128 valence electrons. The Kier molecular flexibility index (Phi) is 5.63. The molecule has 0 saturated carbocycles. The third-order valence-corrected chi connectivity index (χ3v) is 5.38. The molecule has 0 spiro atoms. The third-order valence-electron chi connectivity index (χ3n) is 4.44. The number of likely N-dealkylation sites (tertiary alicyclic amines) is 1. The molecule has 2 aromatic rings. The van der Waals surface area contributed by atoms with Crippen LogP contribution in [-0.4, -0.2) is 30.4 Å². The quantitative estimate of drug-likeness (QED) is 0.892. The highest BCUT2D eigenvalue weighted by atomic mass is 32.1. The highest BCUT2D eigenvalue weighted by Crippen LogP contribution is 2.26. The van der Waals surface area contributed by atoms with Crippen LogP contribution in [0.1, 0.15) is 36.2 Å². The normalized spacial score (nSPS) is 19.8. The Morgan fingerprint density at radius 3 is 2.83 bits per heavy atom. The Balaban J connectivity index is 1.70. The summed E-state index contributed by atoms with van der Waals surface area (Å²) in [4.78, 5) is 15.8. The smallest absolute Gasteiger partial charge is 0.234 e. The van der Waals surface area contributed by atoms with Crippen LogP contribution >= 0.6 is 11.3 Å². The number of halogens is 1. The van der Waals surface area contributed by atoms with Crippen LogP contribution in [0.3, 0.4) is 0 Å². The van der Waals surface area contributed by atoms with Crippen LogP contribution in [0.25, 0.3) is 0 Å². The van der Waals surface area contributed by atoms with Crippen LogP contribution in [0.15, 0.2) is 41.8 Å². The Hall–Kier alpha value is -1.72. The van der Waals surface area contributed by atoms with Gasteiger partial charge in [-0.05, 0) is 54.4 Å². The number of piperidine rings is 1. The van der Waals surface area contributed by atoms with Crippen LogP contribution in [0, 0.1) is 11.7 Å². The molecule has 2 atom stereocenters. The van der Waals surface area contributed by atoms with Crippen molar-refractivity contribution in [2.45, 2.75) is 25.8 Å². The summed E-state index contributed by atoms with van der Waals surface area (Å²) in [5.74, 6) is 0.404. The van der Waals surface area contributed by atoms with E-state index >= 15 is 0 Å². The van der Waals surface area contributed by atoms with Gasteiger partial charge < -0.3 is 5.32 Å². The van der Waals surface area contributed by atoms with Crippen molar-refractivity contribution in [3.05, 3.63) is 58.0 Å². The molecule has 1 N–H and O–H groups in total. The molecule has 1 saturated heterocycles. The number of thiophene rings is 1. The van der Waals surface area contributed by atoms with E-state index in [9.17, 15) is 9.18 Å². The van der Waals surface area contributed by atoms with Crippen molar-refractivity contribution in [3.63, 3.8) is 0 Å². The predicted octanol–water partition coefficient (Wildman–Crippen LogP) is 3.82. The number of benzene rings is 1. The minimum Gasteiger partial charge on any atom is -0.343 e. The number of carbonyl (C=O) groups is 1. The van der Waals surface area contributed by atoms with Gasteiger partial charge in [-0.15, -0.1) is 11.3 Å². The van der Waals surface area contributed by atoms with Crippen LogP contribution in [-0.2, 0) is 4.79 Å². The zero-order valence-corrected chi connectivity index (χ0v) is 14.7. The minimum absolute atomic E-state index is 0.0202. The number of carbonyl (C=O) groups excluding carboxylic acids is 1. The molecular formula is C19H23FN2OS. The summed E-state index contributed by atoms with van der Waals surface area (Å²) in [7, 11) is 0. The van der Waals surface area contributed by atoms with Crippen LogP contribution < -0.4 is 5.32 Å². The second kappa shape index (κ2) is 7.90. The van der Waals surface area contributed by atoms with Gasteiger partial charge in [-0.1, -0.05) is 25.1 Å². The maximum absolute atomic E-state index is 13.2. The maximum Gasteiger partial charge on any atom is 0.234 e. The Labute approximate surface area is 146 Å². The molecule has 0 aliphatic carbocycles. The molecule has 1 aliphatic heterocycles. The molecule has 3 nitrogen and oxygen atoms in total. The molecule has 0 radical (unpaired) electrons. The summed E-state index contributed by atoms with van der Waals surface area (Å²) in [6.45, 7) is 4.62. The van der Waals surface area contributed by atoms with E-state index in [1.165, 1.54) is 18.6 Å². The van der Waals surface area contributed by atoms with Gasteiger partial charge in [0, 0.05) is 11.4 Å². The first-order chi connectivity index (χ1) is 11.6. The van der Waals surface area contributed by atoms with Crippen LogP contribution in [0.2, 0.25) is 0 Å². The van der Waals surface area contributed by atoms with Crippen molar-refractivity contribution in [1.82, 2.24) is 10.2 Å². The largest absolute Gasteiger partial charge is 0.343 e. The second-order valence-corrected chi connectivity index (χ2v) is 7.53. The first-order valence-corrected chi connectivity index (χ1v) is 9.30. The molecule has 0 unspecified atom stereocenters. The predicted molar refractivity (Wildman–Crippen MR) is 95.5 cm³/mol. The molecule has 5 heteroatoms. The van der Waals surface area contributed by atoms with Crippen molar-refractivity contribution in [1.29, 1.82) is 0 Å². The van der Waals surface area contributed by atoms with E-state index in [0.29, 0.717) is 12.5 Å². The Bertz CT molecular complexity index is 657. The molecule has 1 amide bonds. The summed E-state index contributed by atoms with van der Waals surface area (Å²) in [6.07, 6.45) is 2.40. The average Bonchev–Trinajstić information content (AvgIpc) is 3.08. The molecule has 1 aliphatic rings. The van der Waals surface area contributed by atoms with Crippen molar-refractivity contribution >= 4 is 17.2 Å². The first kappa shape index (κ1) is 17.1. The SMILES string of the molecule is C[C@H]1CCCN(CC(=O)N[C@@H](c2ccc(F)cc2)c2cccs2)C1. The molecular weight excluding hydrogens is 323 g/mol. The summed E-state index contributed by atoms with van der Waals surface area (Å²) in [5, 5.41) is 5.12. The minimum atomic E-state index is -0.266. The topological polar surface area (TPSA) is 32.3 Å². The van der Waals surface area contributed by atoms with Gasteiger partial charge in [-0.2, -0.15) is 0 Å². The highest BCUT2D eigenvalue weighted by molar-refractivity contribution is 7.10. The zero-order chi connectivity index (χ0) is 16.9. The fourth-order valence-corrected chi connectivity index (χ4v) is 4.07. The van der Waals surface area contributed by atoms with Gasteiger partial charge in [-0.25, -0.2) is 4.39 Å². The van der Waals surface area contributed by atoms with Crippen molar-refractivity contribution in [2.75, 3.05) is 19.6 Å². The molecule has 3 rings (SSSR count). The monoisotopic (exact) mass is 346 g/mol. The molecule has 1 fully saturated rings. The fourth-order valence-electron chi connectivity index (χ4n) is 3.27. The summed E-state index contributed by atoms with van der Waals surface area (Å²) in [6, 6.07) is 10.1. The van der Waals surface area contributed by atoms with Crippen molar-refractivity contribution < 1.29 is 9.18 Å². The Morgan fingerprint density at radius 1 is 1.38 bits per heavy atom. The van der Waals surface area contributed by atoms with Gasteiger partial charge in [0.15, 0.2) is 0 Å². The molecule has 2 heterocycles. The highest BCUT2D eigenvalue weighted by Gasteiger charge is 2.22. The van der Waals surface area contributed by atoms with Crippen LogP contribution in [0.5, 0.6) is 0 Å². The Morgan fingerprint density at radius 2 is 2.17 bits per heavy atom. The van der Waals surface area contributed by atoms with E-state index in [4.69, 9.17) is 0 Å². The third kappa shape index (κ3) is 4.42. The van der Waals surface area contributed by atoms with Crippen molar-refractivity contribution in [3.8, 4) is 0 Å². The van der Waals surface area contributed by atoms with E-state index in [1.807, 2.05) is 17.5 Å². The lowest BCUT2D eigenvalue weighted by molar-refractivity contribution is -0.123. The zero-order valence-electron chi connectivity index (χ0n) is 13.9. The standard InChI is InChI=1S/C19H23FN2OS/c1-14-4-2-10-22(12-14)13-18(23)21-19(17-5-3-11-24-17)15-6-8-16(20)9-7-15/h3,5-9,11,14,19H,2,4,10,12-13H2,1H3,(H,21,23)/t14-,19-/m0/s1. The van der Waals surface area contributed by atoms with Gasteiger partial charge in [-0.3, -0.25) is 9.69 Å². The van der Waals surface area contributed by atoms with Gasteiger partial charge >= 0.3 is 0 Å². The molecule has 1 aromatic heterocycles. The number of rotatable bonds is 5. The number of nitrogens with one attached hydrogen (secondary N) is 1. The van der Waals surface area contributed by atoms with Crippen LogP contribution in [0.4, 0.5) is 4.39 Å². The molecule has 24 heavy (non-hydrogen) atoms. The fraction of sp³-hybridized carbons (Fsp3) is 0.421. The summed E-state index contributed by atoms with van der Waals surface area (Å²) in [5.41, 5.74) is 0.902. The lowest BCUT2D eigenvalue weighted by Gasteiger charge is -2.30. The van der Waals surface area contributed by atoms with Gasteiger partial charge in [0.2, 0.25) is 5.91 Å². The number of nitrogens with zero attached hydrogens (tertiary/aromatic N) is 1. The number of hydrogen-bond acceptors (Lipinski definition) is 3. The molecule has 0 bridgehead atoms. The maximum atomic E-state index is 13.2. The van der Waals surface area contributed by atoms with E-state index in [2.05, 4.69) is 17.1 Å². The number of hydrogen-bond donors (Lipinski definition) is 1. The average molecular weight is 346 g/mol. The first-order valence-electron chi connectivity index (χ1n) is 8.42. The van der Waals surface area contributed by atoms with E-state index in [0.717, 1.165) is 30.0 Å². The molecule has 1 aromatic carbocycles. The van der Waals surface area contributed by atoms with Gasteiger partial charge in [0.05, 0.1) is 12.6 Å². The summed E-state index contributed by atoms with van der Waals surface area (Å²) >= 11 is 1.60. The lowest BCUT2D eigenvalue weighted by Crippen LogP contribution is -2.43. The summed E-state index contributed by atoms with van der Waals surface area (Å²) < 4.78 is 13.2. The van der Waals surface area contributed by atoms with E-state index in [-0.39, 0.29) is 17.8 Å². The van der Waals surface area contributed by atoms with Crippen molar-refractivity contribution in [2.24, 2.45) is 5.92 Å². The van der Waals surface area contributed by atoms with E-state index < -0.39 is 0 Å². The van der Waals surface area contributed by atoms with E-state index in [1.54, 1.807) is 23.5 Å².